The molecule has 2 heterocycles. The van der Waals surface area contributed by atoms with Gasteiger partial charge in [-0.1, -0.05) is 47.8 Å². The van der Waals surface area contributed by atoms with Crippen LogP contribution in [0.15, 0.2) is 24.3 Å². The maximum atomic E-state index is 10.9. The SMILES string of the molecule is O=C([O-])[C@@H]1CS[C@H](c2ccc([C@H]3[NH2+][C@H](C(=O)[O-])CS3)cc2)[NH2+]1. The van der Waals surface area contributed by atoms with E-state index < -0.39 is 24.0 Å². The second kappa shape index (κ2) is 6.49. The highest BCUT2D eigenvalue weighted by Crippen LogP contribution is 2.30. The second-order valence-corrected chi connectivity index (χ2v) is 7.76. The van der Waals surface area contributed by atoms with E-state index in [-0.39, 0.29) is 10.7 Å². The Bertz CT molecular complexity index is 530. The molecule has 22 heavy (non-hydrogen) atoms. The van der Waals surface area contributed by atoms with Gasteiger partial charge in [-0.15, -0.1) is 0 Å². The molecule has 118 valence electrons. The minimum Gasteiger partial charge on any atom is -0.544 e. The molecule has 2 aliphatic rings. The summed E-state index contributed by atoms with van der Waals surface area (Å²) in [7, 11) is 0. The molecule has 3 rings (SSSR count). The topological polar surface area (TPSA) is 113 Å². The van der Waals surface area contributed by atoms with Gasteiger partial charge in [0, 0.05) is 11.1 Å². The number of carboxylic acid groups (broad SMARTS) is 2. The molecule has 2 aliphatic heterocycles. The highest BCUT2D eigenvalue weighted by molar-refractivity contribution is 7.99. The fraction of sp³-hybridized carbons (Fsp3) is 0.429. The van der Waals surface area contributed by atoms with E-state index in [1.54, 1.807) is 23.5 Å². The van der Waals surface area contributed by atoms with Gasteiger partial charge in [-0.2, -0.15) is 0 Å². The molecular formula is C14H16N2O4S2. The normalized spacial score (nSPS) is 31.3. The van der Waals surface area contributed by atoms with E-state index in [9.17, 15) is 19.8 Å². The van der Waals surface area contributed by atoms with Gasteiger partial charge in [0.1, 0.15) is 24.0 Å². The van der Waals surface area contributed by atoms with Gasteiger partial charge in [0.15, 0.2) is 10.7 Å². The molecule has 4 N–H and O–H groups in total. The van der Waals surface area contributed by atoms with Gasteiger partial charge in [-0.3, -0.25) is 0 Å². The largest absolute Gasteiger partial charge is 0.544 e. The first-order valence-electron chi connectivity index (χ1n) is 6.99. The van der Waals surface area contributed by atoms with Crippen LogP contribution in [0.2, 0.25) is 0 Å². The molecule has 0 bridgehead atoms. The van der Waals surface area contributed by atoms with E-state index in [0.717, 1.165) is 11.1 Å². The summed E-state index contributed by atoms with van der Waals surface area (Å²) >= 11 is 3.20. The maximum Gasteiger partial charge on any atom is 0.159 e. The highest BCUT2D eigenvalue weighted by Gasteiger charge is 2.33. The van der Waals surface area contributed by atoms with Crippen molar-refractivity contribution in [1.29, 1.82) is 0 Å². The van der Waals surface area contributed by atoms with Gasteiger partial charge in [0.25, 0.3) is 0 Å². The van der Waals surface area contributed by atoms with Crippen molar-refractivity contribution in [2.24, 2.45) is 0 Å². The monoisotopic (exact) mass is 340 g/mol. The highest BCUT2D eigenvalue weighted by atomic mass is 32.2. The van der Waals surface area contributed by atoms with Crippen molar-refractivity contribution >= 4 is 35.5 Å². The lowest BCUT2D eigenvalue weighted by Gasteiger charge is -2.13. The number of thioether (sulfide) groups is 2. The minimum atomic E-state index is -1.02. The summed E-state index contributed by atoms with van der Waals surface area (Å²) in [5.41, 5.74) is 2.13. The maximum absolute atomic E-state index is 10.9. The Balaban J connectivity index is 1.64. The van der Waals surface area contributed by atoms with E-state index in [0.29, 0.717) is 11.5 Å². The van der Waals surface area contributed by atoms with Crippen molar-refractivity contribution in [3.8, 4) is 0 Å². The molecule has 0 amide bonds. The van der Waals surface area contributed by atoms with Crippen molar-refractivity contribution < 1.29 is 30.4 Å². The van der Waals surface area contributed by atoms with Crippen LogP contribution in [-0.2, 0) is 9.59 Å². The molecular weight excluding hydrogens is 324 g/mol. The third-order valence-electron chi connectivity index (χ3n) is 3.92. The molecule has 8 heteroatoms. The zero-order chi connectivity index (χ0) is 15.7. The molecule has 1 aromatic carbocycles. The lowest BCUT2D eigenvalue weighted by atomic mass is 10.1. The summed E-state index contributed by atoms with van der Waals surface area (Å²) in [6, 6.07) is 6.97. The van der Waals surface area contributed by atoms with Crippen LogP contribution >= 0.6 is 23.5 Å². The number of carbonyl (C=O) groups excluding carboxylic acids is 2. The number of hydrogen-bond acceptors (Lipinski definition) is 6. The van der Waals surface area contributed by atoms with Crippen LogP contribution in [0.4, 0.5) is 0 Å². The fourth-order valence-electron chi connectivity index (χ4n) is 2.64. The van der Waals surface area contributed by atoms with Crippen molar-refractivity contribution in [1.82, 2.24) is 0 Å². The summed E-state index contributed by atoms with van der Waals surface area (Å²) in [6.07, 6.45) is 0. The number of carboxylic acids is 2. The van der Waals surface area contributed by atoms with Crippen LogP contribution in [0, 0.1) is 0 Å². The van der Waals surface area contributed by atoms with Crippen LogP contribution in [0.5, 0.6) is 0 Å². The van der Waals surface area contributed by atoms with Crippen molar-refractivity contribution in [2.75, 3.05) is 11.5 Å². The Labute approximate surface area is 136 Å². The zero-order valence-electron chi connectivity index (χ0n) is 11.6. The zero-order valence-corrected chi connectivity index (χ0v) is 13.3. The molecule has 0 saturated carbocycles. The van der Waals surface area contributed by atoms with Gasteiger partial charge < -0.3 is 30.4 Å². The molecule has 1 aromatic rings. The average Bonchev–Trinajstić information content (AvgIpc) is 3.17. The van der Waals surface area contributed by atoms with Crippen molar-refractivity contribution in [2.45, 2.75) is 22.8 Å². The van der Waals surface area contributed by atoms with Crippen molar-refractivity contribution in [3.63, 3.8) is 0 Å². The molecule has 4 atom stereocenters. The van der Waals surface area contributed by atoms with Crippen LogP contribution in [0.3, 0.4) is 0 Å². The predicted molar refractivity (Wildman–Crippen MR) is 78.3 cm³/mol. The molecule has 0 aliphatic carbocycles. The number of hydrogen-bond donors (Lipinski definition) is 2. The lowest BCUT2D eigenvalue weighted by molar-refractivity contribution is -0.690. The summed E-state index contributed by atoms with van der Waals surface area (Å²) in [4.78, 5) is 21.8. The molecule has 6 nitrogen and oxygen atoms in total. The van der Waals surface area contributed by atoms with Gasteiger partial charge in [0.05, 0.1) is 11.5 Å². The van der Waals surface area contributed by atoms with Crippen LogP contribution in [0.1, 0.15) is 21.9 Å². The number of carbonyl (C=O) groups is 2. The number of benzene rings is 1. The van der Waals surface area contributed by atoms with Gasteiger partial charge in [-0.25, -0.2) is 0 Å². The van der Waals surface area contributed by atoms with E-state index in [1.165, 1.54) is 0 Å². The summed E-state index contributed by atoms with van der Waals surface area (Å²) < 4.78 is 0. The van der Waals surface area contributed by atoms with Crippen LogP contribution < -0.4 is 20.8 Å². The van der Waals surface area contributed by atoms with Crippen LogP contribution in [0.25, 0.3) is 0 Å². The molecule has 0 aromatic heterocycles. The number of quaternary nitrogens is 2. The molecule has 0 radical (unpaired) electrons. The number of nitrogens with two attached hydrogens (primary N) is 2. The Morgan fingerprint density at radius 2 is 1.23 bits per heavy atom. The third kappa shape index (κ3) is 3.24. The van der Waals surface area contributed by atoms with Gasteiger partial charge in [-0.05, 0) is 0 Å². The van der Waals surface area contributed by atoms with Crippen LogP contribution in [-0.4, -0.2) is 35.5 Å². The molecule has 0 spiro atoms. The van der Waals surface area contributed by atoms with Crippen molar-refractivity contribution in [3.05, 3.63) is 35.4 Å². The number of rotatable bonds is 4. The molecule has 2 fully saturated rings. The van der Waals surface area contributed by atoms with Gasteiger partial charge >= 0.3 is 0 Å². The second-order valence-electron chi connectivity index (χ2n) is 5.41. The lowest BCUT2D eigenvalue weighted by Crippen LogP contribution is -2.90. The molecule has 2 saturated heterocycles. The molecule has 0 unspecified atom stereocenters. The Morgan fingerprint density at radius 3 is 1.50 bits per heavy atom. The van der Waals surface area contributed by atoms with E-state index in [4.69, 9.17) is 0 Å². The van der Waals surface area contributed by atoms with E-state index in [1.807, 2.05) is 34.9 Å². The Kier molecular flexibility index (Phi) is 4.62. The predicted octanol–water partition coefficient (Wildman–Crippen LogP) is -3.46. The summed E-state index contributed by atoms with van der Waals surface area (Å²) in [6.45, 7) is 0. The van der Waals surface area contributed by atoms with Gasteiger partial charge in [0.2, 0.25) is 0 Å². The summed E-state index contributed by atoms with van der Waals surface area (Å²) in [5, 5.41) is 25.5. The standard InChI is InChI=1S/C14H16N2O4S2/c17-13(18)9-5-21-11(15-9)7-1-2-8(4-3-7)12-16-10(6-22-12)14(19)20/h1-4,9-12,15-16H,5-6H2,(H,17,18)(H,19,20)/t9-,10-,11-,12+/m0/s1. The number of aliphatic carboxylic acids is 2. The fourth-order valence-corrected chi connectivity index (χ4v) is 5.27. The Morgan fingerprint density at radius 1 is 0.864 bits per heavy atom. The first kappa shape index (κ1) is 15.7. The Hall–Kier alpha value is -1.22. The first-order valence-corrected chi connectivity index (χ1v) is 9.09. The first-order chi connectivity index (χ1) is 10.5. The smallest absolute Gasteiger partial charge is 0.159 e. The van der Waals surface area contributed by atoms with E-state index >= 15 is 0 Å². The summed E-state index contributed by atoms with van der Waals surface area (Å²) in [5.74, 6) is -0.934. The average molecular weight is 340 g/mol. The quantitative estimate of drug-likeness (QED) is 0.589. The third-order valence-corrected chi connectivity index (χ3v) is 6.60. The minimum absolute atomic E-state index is 0.0770. The van der Waals surface area contributed by atoms with E-state index in [2.05, 4.69) is 0 Å².